The summed E-state index contributed by atoms with van der Waals surface area (Å²) in [5.74, 6) is -0.359. The lowest BCUT2D eigenvalue weighted by Crippen LogP contribution is -2.56. The van der Waals surface area contributed by atoms with Gasteiger partial charge >= 0.3 is 5.97 Å². The molecule has 5 nitrogen and oxygen atoms in total. The SMILES string of the molecule is CCOC(=O)C1(NC(=O)Cc2ccc(OCc3ccc(F)cc3)cc2)Cc2ccc(-c3cccc(Cl)c3)cc2C1. The summed E-state index contributed by atoms with van der Waals surface area (Å²) < 4.78 is 24.3. The second-order valence-electron chi connectivity index (χ2n) is 9.93. The Labute approximate surface area is 237 Å². The van der Waals surface area contributed by atoms with E-state index in [1.807, 2.05) is 48.5 Å². The highest BCUT2D eigenvalue weighted by Gasteiger charge is 2.46. The number of hydrogen-bond acceptors (Lipinski definition) is 4. The fourth-order valence-electron chi connectivity index (χ4n) is 5.02. The summed E-state index contributed by atoms with van der Waals surface area (Å²) >= 11 is 6.18. The molecule has 1 N–H and O–H groups in total. The molecule has 40 heavy (non-hydrogen) atoms. The van der Waals surface area contributed by atoms with Crippen molar-refractivity contribution in [3.63, 3.8) is 0 Å². The van der Waals surface area contributed by atoms with Crippen LogP contribution >= 0.6 is 11.6 Å². The zero-order valence-corrected chi connectivity index (χ0v) is 22.8. The van der Waals surface area contributed by atoms with Crippen LogP contribution in [0.25, 0.3) is 11.1 Å². The van der Waals surface area contributed by atoms with E-state index in [-0.39, 0.29) is 24.8 Å². The van der Waals surface area contributed by atoms with E-state index in [9.17, 15) is 14.0 Å². The van der Waals surface area contributed by atoms with Crippen molar-refractivity contribution in [2.45, 2.75) is 38.3 Å². The molecule has 0 fully saturated rings. The minimum absolute atomic E-state index is 0.101. The zero-order valence-electron chi connectivity index (χ0n) is 22.1. The Morgan fingerprint density at radius 3 is 2.30 bits per heavy atom. The maximum Gasteiger partial charge on any atom is 0.332 e. The maximum atomic E-state index is 13.2. The van der Waals surface area contributed by atoms with E-state index in [4.69, 9.17) is 21.1 Å². The average Bonchev–Trinajstić information content (AvgIpc) is 3.32. The summed E-state index contributed by atoms with van der Waals surface area (Å²) in [5.41, 5.74) is 4.44. The van der Waals surface area contributed by atoms with Gasteiger partial charge in [0.05, 0.1) is 13.0 Å². The number of amides is 1. The molecule has 1 aliphatic rings. The molecular formula is C33H29ClFNO4. The van der Waals surface area contributed by atoms with Gasteiger partial charge in [-0.25, -0.2) is 9.18 Å². The van der Waals surface area contributed by atoms with Gasteiger partial charge in [0, 0.05) is 17.9 Å². The molecule has 1 unspecified atom stereocenters. The third kappa shape index (κ3) is 6.35. The van der Waals surface area contributed by atoms with Gasteiger partial charge in [-0.1, -0.05) is 66.2 Å². The predicted molar refractivity (Wildman–Crippen MR) is 153 cm³/mol. The van der Waals surface area contributed by atoms with Crippen LogP contribution in [0.1, 0.15) is 29.2 Å². The van der Waals surface area contributed by atoms with E-state index < -0.39 is 11.5 Å². The first-order valence-corrected chi connectivity index (χ1v) is 13.5. The van der Waals surface area contributed by atoms with Crippen molar-refractivity contribution in [1.29, 1.82) is 0 Å². The van der Waals surface area contributed by atoms with Gasteiger partial charge in [0.15, 0.2) is 0 Å². The van der Waals surface area contributed by atoms with Crippen LogP contribution in [-0.4, -0.2) is 24.0 Å². The molecule has 204 valence electrons. The summed E-state index contributed by atoms with van der Waals surface area (Å²) in [5, 5.41) is 3.66. The van der Waals surface area contributed by atoms with Crippen LogP contribution in [0.2, 0.25) is 5.02 Å². The van der Waals surface area contributed by atoms with Crippen LogP contribution in [-0.2, 0) is 40.2 Å². The molecule has 1 amide bonds. The molecule has 0 aliphatic heterocycles. The van der Waals surface area contributed by atoms with Crippen molar-refractivity contribution in [3.8, 4) is 16.9 Å². The highest BCUT2D eigenvalue weighted by atomic mass is 35.5. The average molecular weight is 558 g/mol. The van der Waals surface area contributed by atoms with E-state index in [1.165, 1.54) is 12.1 Å². The Hall–Kier alpha value is -4.16. The monoisotopic (exact) mass is 557 g/mol. The van der Waals surface area contributed by atoms with Crippen LogP contribution in [0.4, 0.5) is 4.39 Å². The van der Waals surface area contributed by atoms with Gasteiger partial charge in [-0.2, -0.15) is 0 Å². The zero-order chi connectivity index (χ0) is 28.1. The summed E-state index contributed by atoms with van der Waals surface area (Å²) in [7, 11) is 0. The Morgan fingerprint density at radius 1 is 0.875 bits per heavy atom. The topological polar surface area (TPSA) is 64.6 Å². The Kier molecular flexibility index (Phi) is 8.17. The number of halogens is 2. The standard InChI is InChI=1S/C33H29ClFNO4/c1-2-39-32(38)33(19-26-11-10-25(17-27(26)20-33)24-4-3-5-28(34)18-24)36-31(37)16-22-8-14-30(15-9-22)40-21-23-6-12-29(35)13-7-23/h3-15,17-18H,2,16,19-21H2,1H3,(H,36,37). The van der Waals surface area contributed by atoms with Gasteiger partial charge in [0.2, 0.25) is 5.91 Å². The van der Waals surface area contributed by atoms with Gasteiger partial charge in [-0.15, -0.1) is 0 Å². The summed E-state index contributed by atoms with van der Waals surface area (Å²) in [6, 6.07) is 27.0. The molecule has 4 aromatic rings. The molecule has 0 aromatic heterocycles. The van der Waals surface area contributed by atoms with Gasteiger partial charge in [0.25, 0.3) is 0 Å². The number of esters is 1. The quantitative estimate of drug-likeness (QED) is 0.239. The number of nitrogens with one attached hydrogen (secondary N) is 1. The van der Waals surface area contributed by atoms with E-state index in [0.29, 0.717) is 30.2 Å². The van der Waals surface area contributed by atoms with Crippen molar-refractivity contribution in [3.05, 3.63) is 124 Å². The largest absolute Gasteiger partial charge is 0.489 e. The molecule has 0 spiro atoms. The molecule has 5 rings (SSSR count). The van der Waals surface area contributed by atoms with E-state index in [0.717, 1.165) is 33.4 Å². The Morgan fingerprint density at radius 2 is 1.57 bits per heavy atom. The third-order valence-corrected chi connectivity index (χ3v) is 7.24. The van der Waals surface area contributed by atoms with Gasteiger partial charge in [-0.05, 0) is 76.7 Å². The lowest BCUT2D eigenvalue weighted by atomic mass is 9.95. The highest BCUT2D eigenvalue weighted by molar-refractivity contribution is 6.30. The number of carbonyl (C=O) groups excluding carboxylic acids is 2. The van der Waals surface area contributed by atoms with Crippen molar-refractivity contribution in [2.75, 3.05) is 6.61 Å². The van der Waals surface area contributed by atoms with Gasteiger partial charge < -0.3 is 14.8 Å². The second-order valence-corrected chi connectivity index (χ2v) is 10.4. The molecule has 0 heterocycles. The van der Waals surface area contributed by atoms with Crippen molar-refractivity contribution in [1.82, 2.24) is 5.32 Å². The maximum absolute atomic E-state index is 13.2. The number of rotatable bonds is 9. The minimum Gasteiger partial charge on any atom is -0.489 e. The number of fused-ring (bicyclic) bond motifs is 1. The lowest BCUT2D eigenvalue weighted by molar-refractivity contribution is -0.153. The molecule has 4 aromatic carbocycles. The number of ether oxygens (including phenoxy) is 2. The van der Waals surface area contributed by atoms with Crippen LogP contribution < -0.4 is 10.1 Å². The van der Waals surface area contributed by atoms with Crippen molar-refractivity contribution < 1.29 is 23.5 Å². The molecule has 7 heteroatoms. The fraction of sp³-hybridized carbons (Fsp3) is 0.212. The highest BCUT2D eigenvalue weighted by Crippen LogP contribution is 2.35. The summed E-state index contributed by atoms with van der Waals surface area (Å²) in [6.07, 6.45) is 0.805. The molecule has 0 saturated carbocycles. The van der Waals surface area contributed by atoms with E-state index in [1.54, 1.807) is 31.2 Å². The third-order valence-electron chi connectivity index (χ3n) is 7.00. The lowest BCUT2D eigenvalue weighted by Gasteiger charge is -2.28. The van der Waals surface area contributed by atoms with Crippen LogP contribution in [0.15, 0.2) is 91.0 Å². The molecule has 0 radical (unpaired) electrons. The molecule has 1 atom stereocenters. The van der Waals surface area contributed by atoms with E-state index in [2.05, 4.69) is 11.4 Å². The molecular weight excluding hydrogens is 529 g/mol. The van der Waals surface area contributed by atoms with Crippen LogP contribution in [0.3, 0.4) is 0 Å². The first-order chi connectivity index (χ1) is 19.3. The van der Waals surface area contributed by atoms with Crippen molar-refractivity contribution in [2.24, 2.45) is 0 Å². The normalized spacial score (nSPS) is 15.8. The fourth-order valence-corrected chi connectivity index (χ4v) is 5.21. The summed E-state index contributed by atoms with van der Waals surface area (Å²) in [6.45, 7) is 2.29. The van der Waals surface area contributed by atoms with Crippen LogP contribution in [0, 0.1) is 5.82 Å². The number of hydrogen-bond donors (Lipinski definition) is 1. The molecule has 0 bridgehead atoms. The first-order valence-electron chi connectivity index (χ1n) is 13.2. The molecule has 0 saturated heterocycles. The first kappa shape index (κ1) is 27.4. The number of benzene rings is 4. The number of carbonyl (C=O) groups is 2. The predicted octanol–water partition coefficient (Wildman–Crippen LogP) is 6.48. The van der Waals surface area contributed by atoms with E-state index >= 15 is 0 Å². The van der Waals surface area contributed by atoms with Gasteiger partial charge in [0.1, 0.15) is 23.7 Å². The smallest absolute Gasteiger partial charge is 0.332 e. The Balaban J connectivity index is 1.26. The molecule has 1 aliphatic carbocycles. The van der Waals surface area contributed by atoms with Crippen LogP contribution in [0.5, 0.6) is 5.75 Å². The Bertz CT molecular complexity index is 1520. The van der Waals surface area contributed by atoms with Gasteiger partial charge in [-0.3, -0.25) is 4.79 Å². The second kappa shape index (κ2) is 11.9. The summed E-state index contributed by atoms with van der Waals surface area (Å²) in [4.78, 5) is 26.4. The van der Waals surface area contributed by atoms with Crippen molar-refractivity contribution >= 4 is 23.5 Å². The minimum atomic E-state index is -1.17.